The van der Waals surface area contributed by atoms with Crippen LogP contribution in [0.15, 0.2) is 47.6 Å². The second kappa shape index (κ2) is 6.61. The van der Waals surface area contributed by atoms with E-state index in [-0.39, 0.29) is 10.6 Å². The van der Waals surface area contributed by atoms with Crippen LogP contribution in [0.5, 0.6) is 0 Å². The average Bonchev–Trinajstić information content (AvgIpc) is 2.46. The quantitative estimate of drug-likeness (QED) is 0.642. The lowest BCUT2D eigenvalue weighted by Crippen LogP contribution is -2.02. The van der Waals surface area contributed by atoms with Gasteiger partial charge in [-0.3, -0.25) is 5.43 Å². The molecule has 0 fully saturated rings. The van der Waals surface area contributed by atoms with E-state index >= 15 is 0 Å². The number of aromatic carboxylic acids is 1. The monoisotopic (exact) mass is 322 g/mol. The number of carboxylic acids is 1. The van der Waals surface area contributed by atoms with Gasteiger partial charge >= 0.3 is 5.97 Å². The lowest BCUT2D eigenvalue weighted by molar-refractivity contribution is 0.0697. The van der Waals surface area contributed by atoms with E-state index in [1.165, 1.54) is 12.1 Å². The Hall–Kier alpha value is -2.04. The summed E-state index contributed by atoms with van der Waals surface area (Å²) >= 11 is 11.6. The molecule has 0 saturated carbocycles. The van der Waals surface area contributed by atoms with Crippen molar-refractivity contribution in [3.05, 3.63) is 63.6 Å². The zero-order valence-electron chi connectivity index (χ0n) is 11.1. The molecule has 0 heterocycles. The van der Waals surface area contributed by atoms with Crippen LogP contribution in [0.3, 0.4) is 0 Å². The highest BCUT2D eigenvalue weighted by molar-refractivity contribution is 6.33. The molecule has 2 aromatic rings. The third kappa shape index (κ3) is 3.97. The molecule has 6 heteroatoms. The summed E-state index contributed by atoms with van der Waals surface area (Å²) in [5.74, 6) is -1.08. The zero-order chi connectivity index (χ0) is 15.4. The van der Waals surface area contributed by atoms with E-state index in [9.17, 15) is 4.79 Å². The fourth-order valence-electron chi connectivity index (χ4n) is 1.66. The van der Waals surface area contributed by atoms with E-state index in [0.717, 1.165) is 11.3 Å². The van der Waals surface area contributed by atoms with Gasteiger partial charge in [-0.1, -0.05) is 35.3 Å². The van der Waals surface area contributed by atoms with Crippen molar-refractivity contribution in [3.63, 3.8) is 0 Å². The van der Waals surface area contributed by atoms with E-state index < -0.39 is 5.97 Å². The summed E-state index contributed by atoms with van der Waals surface area (Å²) in [6.45, 7) is 1.84. The first kappa shape index (κ1) is 15.4. The number of rotatable bonds is 4. The zero-order valence-corrected chi connectivity index (χ0v) is 12.6. The van der Waals surface area contributed by atoms with Crippen LogP contribution in [-0.4, -0.2) is 16.8 Å². The number of benzene rings is 2. The van der Waals surface area contributed by atoms with Crippen LogP contribution in [-0.2, 0) is 0 Å². The predicted molar refractivity (Wildman–Crippen MR) is 85.7 cm³/mol. The first-order valence-corrected chi connectivity index (χ1v) is 6.82. The number of halogens is 2. The third-order valence-corrected chi connectivity index (χ3v) is 3.39. The number of hydrogen-bond donors (Lipinski definition) is 2. The van der Waals surface area contributed by atoms with Crippen molar-refractivity contribution >= 4 is 40.6 Å². The number of nitrogens with one attached hydrogen (secondary N) is 1. The van der Waals surface area contributed by atoms with Gasteiger partial charge in [0.05, 0.1) is 22.0 Å². The summed E-state index contributed by atoms with van der Waals surface area (Å²) in [6.07, 6.45) is 0. The molecule has 108 valence electrons. The summed E-state index contributed by atoms with van der Waals surface area (Å²) < 4.78 is 0. The van der Waals surface area contributed by atoms with Gasteiger partial charge in [0.2, 0.25) is 0 Å². The molecule has 0 unspecified atom stereocenters. The van der Waals surface area contributed by atoms with Crippen LogP contribution in [0.4, 0.5) is 5.69 Å². The molecule has 0 atom stereocenters. The SMILES string of the molecule is CC(=NNc1ccc(Cl)c(C(=O)O)c1)c1ccc(Cl)cc1. The summed E-state index contributed by atoms with van der Waals surface area (Å²) in [7, 11) is 0. The number of anilines is 1. The van der Waals surface area contributed by atoms with Gasteiger partial charge < -0.3 is 5.11 Å². The topological polar surface area (TPSA) is 61.7 Å². The van der Waals surface area contributed by atoms with Gasteiger partial charge in [0.1, 0.15) is 0 Å². The molecule has 0 saturated heterocycles. The van der Waals surface area contributed by atoms with E-state index in [4.69, 9.17) is 28.3 Å². The Labute approximate surface area is 132 Å². The van der Waals surface area contributed by atoms with Crippen LogP contribution < -0.4 is 5.43 Å². The van der Waals surface area contributed by atoms with Crippen LogP contribution in [0, 0.1) is 0 Å². The number of hydrogen-bond acceptors (Lipinski definition) is 3. The number of nitrogens with zero attached hydrogens (tertiary/aromatic N) is 1. The highest BCUT2D eigenvalue weighted by Crippen LogP contribution is 2.20. The molecule has 0 spiro atoms. The molecule has 0 bridgehead atoms. The van der Waals surface area contributed by atoms with Crippen molar-refractivity contribution in [1.29, 1.82) is 0 Å². The molecule has 0 radical (unpaired) electrons. The molecular formula is C15H12Cl2N2O2. The maximum absolute atomic E-state index is 11.0. The highest BCUT2D eigenvalue weighted by Gasteiger charge is 2.09. The van der Waals surface area contributed by atoms with Crippen molar-refractivity contribution in [2.24, 2.45) is 5.10 Å². The second-order valence-corrected chi connectivity index (χ2v) is 5.16. The van der Waals surface area contributed by atoms with E-state index in [1.807, 2.05) is 19.1 Å². The highest BCUT2D eigenvalue weighted by atomic mass is 35.5. The lowest BCUT2D eigenvalue weighted by Gasteiger charge is -2.06. The van der Waals surface area contributed by atoms with Crippen LogP contribution >= 0.6 is 23.2 Å². The Kier molecular flexibility index (Phi) is 4.83. The molecule has 0 aliphatic heterocycles. The first-order chi connectivity index (χ1) is 9.97. The second-order valence-electron chi connectivity index (χ2n) is 4.32. The minimum Gasteiger partial charge on any atom is -0.478 e. The Morgan fingerprint density at radius 3 is 2.43 bits per heavy atom. The van der Waals surface area contributed by atoms with Gasteiger partial charge in [0.15, 0.2) is 0 Å². The number of carbonyl (C=O) groups is 1. The van der Waals surface area contributed by atoms with Gasteiger partial charge in [-0.15, -0.1) is 0 Å². The Morgan fingerprint density at radius 1 is 1.14 bits per heavy atom. The minimum atomic E-state index is -1.08. The molecule has 0 aromatic heterocycles. The summed E-state index contributed by atoms with van der Waals surface area (Å²) in [5.41, 5.74) is 5.05. The predicted octanol–water partition coefficient (Wildman–Crippen LogP) is 4.53. The molecule has 21 heavy (non-hydrogen) atoms. The van der Waals surface area contributed by atoms with Crippen molar-refractivity contribution in [3.8, 4) is 0 Å². The van der Waals surface area contributed by atoms with Crippen LogP contribution in [0.25, 0.3) is 0 Å². The van der Waals surface area contributed by atoms with Crippen molar-refractivity contribution in [2.45, 2.75) is 6.92 Å². The molecule has 0 aliphatic rings. The van der Waals surface area contributed by atoms with E-state index in [0.29, 0.717) is 10.7 Å². The third-order valence-electron chi connectivity index (χ3n) is 2.81. The Morgan fingerprint density at radius 2 is 1.81 bits per heavy atom. The number of hydrazone groups is 1. The van der Waals surface area contributed by atoms with Gasteiger partial charge in [-0.05, 0) is 42.8 Å². The summed E-state index contributed by atoms with van der Waals surface area (Å²) in [6, 6.07) is 11.9. The molecular weight excluding hydrogens is 311 g/mol. The maximum Gasteiger partial charge on any atom is 0.337 e. The smallest absolute Gasteiger partial charge is 0.337 e. The van der Waals surface area contributed by atoms with Gasteiger partial charge in [-0.2, -0.15) is 5.10 Å². The van der Waals surface area contributed by atoms with Gasteiger partial charge in [0, 0.05) is 5.02 Å². The summed E-state index contributed by atoms with van der Waals surface area (Å²) in [4.78, 5) is 11.0. The fraction of sp³-hybridized carbons (Fsp3) is 0.0667. The molecule has 2 aromatic carbocycles. The van der Waals surface area contributed by atoms with Crippen molar-refractivity contribution in [1.82, 2.24) is 0 Å². The Bertz CT molecular complexity index is 697. The Balaban J connectivity index is 2.18. The average molecular weight is 323 g/mol. The maximum atomic E-state index is 11.0. The first-order valence-electron chi connectivity index (χ1n) is 6.06. The summed E-state index contributed by atoms with van der Waals surface area (Å²) in [5, 5.41) is 14.1. The van der Waals surface area contributed by atoms with E-state index in [1.54, 1.807) is 18.2 Å². The van der Waals surface area contributed by atoms with Gasteiger partial charge in [-0.25, -0.2) is 4.79 Å². The molecule has 2 N–H and O–H groups in total. The van der Waals surface area contributed by atoms with Crippen LogP contribution in [0.2, 0.25) is 10.0 Å². The molecule has 0 aliphatic carbocycles. The number of carboxylic acid groups (broad SMARTS) is 1. The molecule has 2 rings (SSSR count). The molecule has 0 amide bonds. The van der Waals surface area contributed by atoms with Crippen molar-refractivity contribution < 1.29 is 9.90 Å². The minimum absolute atomic E-state index is 0.0287. The fourth-order valence-corrected chi connectivity index (χ4v) is 1.99. The normalized spacial score (nSPS) is 11.3. The lowest BCUT2D eigenvalue weighted by atomic mass is 10.1. The van der Waals surface area contributed by atoms with Crippen LogP contribution in [0.1, 0.15) is 22.8 Å². The largest absolute Gasteiger partial charge is 0.478 e. The van der Waals surface area contributed by atoms with Gasteiger partial charge in [0.25, 0.3) is 0 Å². The van der Waals surface area contributed by atoms with Crippen molar-refractivity contribution in [2.75, 3.05) is 5.43 Å². The molecule has 4 nitrogen and oxygen atoms in total. The van der Waals surface area contributed by atoms with E-state index in [2.05, 4.69) is 10.5 Å². The standard InChI is InChI=1S/C15H12Cl2N2O2/c1-9(10-2-4-11(16)5-3-10)18-19-12-6-7-14(17)13(8-12)15(20)21/h2-8,19H,1H3,(H,20,21).